The van der Waals surface area contributed by atoms with Crippen molar-refractivity contribution < 1.29 is 30.4 Å². The van der Waals surface area contributed by atoms with Crippen molar-refractivity contribution in [1.29, 1.82) is 0 Å². The monoisotopic (exact) mass is 349 g/mol. The van der Waals surface area contributed by atoms with E-state index >= 15 is 0 Å². The Kier molecular flexibility index (Phi) is 15.6. The molecule has 0 fully saturated rings. The summed E-state index contributed by atoms with van der Waals surface area (Å²) in [6, 6.07) is 0. The molecule has 0 aliphatic carbocycles. The zero-order chi connectivity index (χ0) is 17.7. The number of carbonyl (C=O) groups excluding carboxylic acids is 2. The molecule has 0 aromatic heterocycles. The Labute approximate surface area is 147 Å². The van der Waals surface area contributed by atoms with Crippen molar-refractivity contribution in [3.63, 3.8) is 0 Å². The van der Waals surface area contributed by atoms with E-state index in [-0.39, 0.29) is 33.6 Å². The largest absolute Gasteiger partial charge is 0.481 e. The van der Waals surface area contributed by atoms with E-state index < -0.39 is 18.0 Å². The summed E-state index contributed by atoms with van der Waals surface area (Å²) in [6.07, 6.45) is 5.92. The summed E-state index contributed by atoms with van der Waals surface area (Å²) >= 11 is 0. The molecule has 2 atom stereocenters. The maximum absolute atomic E-state index is 11.6. The number of carboxylic acid groups (broad SMARTS) is 1. The second-order valence-corrected chi connectivity index (χ2v) is 5.87. The lowest BCUT2D eigenvalue weighted by Crippen LogP contribution is -2.26. The van der Waals surface area contributed by atoms with Crippen LogP contribution in [0.1, 0.15) is 74.1 Å². The van der Waals surface area contributed by atoms with Gasteiger partial charge in [-0.15, -0.1) is 0 Å². The van der Waals surface area contributed by atoms with Gasteiger partial charge in [0.25, 0.3) is 0 Å². The number of ketones is 1. The highest BCUT2D eigenvalue weighted by atomic mass is 16.6. The van der Waals surface area contributed by atoms with Gasteiger partial charge >= 0.3 is 11.9 Å². The quantitative estimate of drug-likeness (QED) is 0.378. The van der Waals surface area contributed by atoms with Gasteiger partial charge in [-0.05, 0) is 26.7 Å². The zero-order valence-corrected chi connectivity index (χ0v) is 14.5. The molecule has 0 aliphatic heterocycles. The van der Waals surface area contributed by atoms with Gasteiger partial charge < -0.3 is 14.6 Å². The Bertz CT molecular complexity index is 373. The highest BCUT2D eigenvalue weighted by molar-refractivity contribution is 5.79. The molecule has 0 bridgehead atoms. The first-order valence-corrected chi connectivity index (χ1v) is 8.30. The highest BCUT2D eigenvalue weighted by Gasteiger charge is 2.19. The number of carboxylic acids is 1. The molecule has 0 radical (unpaired) electrons. The lowest BCUT2D eigenvalue weighted by Gasteiger charge is -2.16. The number of unbranched alkanes of at least 4 members (excludes halogenated alkanes) is 5. The van der Waals surface area contributed by atoms with Crippen molar-refractivity contribution in [1.82, 2.24) is 0 Å². The fourth-order valence-corrected chi connectivity index (χ4v) is 2.17. The van der Waals surface area contributed by atoms with Crippen molar-refractivity contribution in [2.45, 2.75) is 78.7 Å². The molecule has 0 spiro atoms. The van der Waals surface area contributed by atoms with Crippen LogP contribution in [0.4, 0.5) is 0 Å². The van der Waals surface area contributed by atoms with Crippen LogP contribution in [0.15, 0.2) is 0 Å². The number of aliphatic carboxylic acids is 1. The van der Waals surface area contributed by atoms with E-state index in [1.165, 1.54) is 14.0 Å². The maximum atomic E-state index is 11.6. The van der Waals surface area contributed by atoms with Crippen LogP contribution in [0.5, 0.6) is 0 Å². The minimum Gasteiger partial charge on any atom is -0.481 e. The minimum absolute atomic E-state index is 0. The van der Waals surface area contributed by atoms with Crippen molar-refractivity contribution in [2.75, 3.05) is 13.7 Å². The Morgan fingerprint density at radius 2 is 1.58 bits per heavy atom. The first-order chi connectivity index (χ1) is 10.9. The molecule has 0 amide bonds. The third-order valence-electron chi connectivity index (χ3n) is 3.88. The first-order valence-electron chi connectivity index (χ1n) is 8.30. The maximum Gasteiger partial charge on any atom is 0.334 e. The molecular weight excluding hydrogens is 312 g/mol. The number of carbonyl (C=O) groups is 3. The molecule has 0 aromatic carbocycles. The molecule has 6 heteroatoms. The van der Waals surface area contributed by atoms with Crippen molar-refractivity contribution in [3.8, 4) is 0 Å². The smallest absolute Gasteiger partial charge is 0.334 e. The van der Waals surface area contributed by atoms with E-state index in [4.69, 9.17) is 14.6 Å². The molecule has 0 rings (SSSR count). The SMILES string of the molecule is C.COC(C)C(=O)OCC(CCCCCCCCC(=O)O)C(C)=O.[2HH]. The average Bonchev–Trinajstić information content (AvgIpc) is 2.50. The van der Waals surface area contributed by atoms with Crippen LogP contribution >= 0.6 is 0 Å². The van der Waals surface area contributed by atoms with Crippen LogP contribution in [0.25, 0.3) is 0 Å². The lowest BCUT2D eigenvalue weighted by molar-refractivity contribution is -0.156. The first kappa shape index (κ1) is 24.8. The highest BCUT2D eigenvalue weighted by Crippen LogP contribution is 2.14. The van der Waals surface area contributed by atoms with Crippen LogP contribution < -0.4 is 0 Å². The molecule has 0 aromatic rings. The molecule has 2 unspecified atom stereocenters. The van der Waals surface area contributed by atoms with Gasteiger partial charge in [0.05, 0.1) is 5.92 Å². The number of ether oxygens (including phenoxy) is 2. The van der Waals surface area contributed by atoms with Gasteiger partial charge in [-0.1, -0.05) is 39.5 Å². The summed E-state index contributed by atoms with van der Waals surface area (Å²) in [6.45, 7) is 3.24. The van der Waals surface area contributed by atoms with E-state index in [1.54, 1.807) is 6.92 Å². The number of hydrogen-bond donors (Lipinski definition) is 1. The number of esters is 1. The second kappa shape index (κ2) is 15.1. The molecule has 24 heavy (non-hydrogen) atoms. The van der Waals surface area contributed by atoms with Crippen LogP contribution in [-0.2, 0) is 23.9 Å². The summed E-state index contributed by atoms with van der Waals surface area (Å²) in [5.41, 5.74) is 0. The summed E-state index contributed by atoms with van der Waals surface area (Å²) in [7, 11) is 1.44. The normalized spacial score (nSPS) is 12.8. The van der Waals surface area contributed by atoms with E-state index in [2.05, 4.69) is 0 Å². The van der Waals surface area contributed by atoms with E-state index in [0.29, 0.717) is 6.42 Å². The zero-order valence-electron chi connectivity index (χ0n) is 14.5. The van der Waals surface area contributed by atoms with Gasteiger partial charge in [0.1, 0.15) is 12.4 Å². The summed E-state index contributed by atoms with van der Waals surface area (Å²) in [4.78, 5) is 33.5. The fourth-order valence-electron chi connectivity index (χ4n) is 2.17. The number of hydrogen-bond acceptors (Lipinski definition) is 5. The van der Waals surface area contributed by atoms with Crippen molar-refractivity contribution in [2.24, 2.45) is 5.92 Å². The summed E-state index contributed by atoms with van der Waals surface area (Å²) < 4.78 is 9.98. The molecule has 0 heterocycles. The lowest BCUT2D eigenvalue weighted by atomic mass is 9.97. The van der Waals surface area contributed by atoms with E-state index in [9.17, 15) is 14.4 Å². The van der Waals surface area contributed by atoms with E-state index in [1.807, 2.05) is 0 Å². The number of Topliss-reactive ketones (excluding diaryl/α,β-unsaturated/α-hetero) is 1. The van der Waals surface area contributed by atoms with E-state index in [0.717, 1.165) is 38.5 Å². The topological polar surface area (TPSA) is 89.9 Å². The predicted octanol–water partition coefficient (Wildman–Crippen LogP) is 3.86. The van der Waals surface area contributed by atoms with Crippen LogP contribution in [0, 0.1) is 5.92 Å². The molecule has 0 saturated carbocycles. The van der Waals surface area contributed by atoms with Gasteiger partial charge in [-0.25, -0.2) is 4.79 Å². The molecule has 0 aliphatic rings. The molecular formula is C18H36O6. The summed E-state index contributed by atoms with van der Waals surface area (Å²) in [5.74, 6) is -1.41. The van der Waals surface area contributed by atoms with Gasteiger partial charge in [0, 0.05) is 15.0 Å². The molecule has 0 saturated heterocycles. The van der Waals surface area contributed by atoms with Gasteiger partial charge in [0.15, 0.2) is 6.10 Å². The molecule has 144 valence electrons. The Balaban J connectivity index is -0.00000242. The van der Waals surface area contributed by atoms with Crippen molar-refractivity contribution >= 4 is 17.7 Å². The van der Waals surface area contributed by atoms with Gasteiger partial charge in [0.2, 0.25) is 0 Å². The summed E-state index contributed by atoms with van der Waals surface area (Å²) in [5, 5.41) is 8.53. The van der Waals surface area contributed by atoms with Gasteiger partial charge in [-0.3, -0.25) is 9.59 Å². The molecule has 1 N–H and O–H groups in total. The third-order valence-corrected chi connectivity index (χ3v) is 3.88. The number of rotatable bonds is 14. The van der Waals surface area contributed by atoms with Crippen LogP contribution in [0.2, 0.25) is 0 Å². The predicted molar refractivity (Wildman–Crippen MR) is 95.0 cm³/mol. The Morgan fingerprint density at radius 1 is 1.04 bits per heavy atom. The molecule has 6 nitrogen and oxygen atoms in total. The Morgan fingerprint density at radius 3 is 2.08 bits per heavy atom. The minimum atomic E-state index is -0.744. The Hall–Kier alpha value is -1.43. The third kappa shape index (κ3) is 13.0. The standard InChI is InChI=1S/C17H30O6.CH4.H2/c1-13(18)15(12-23-17(21)14(2)22-3)10-8-6-4-5-7-9-11-16(19)20;;/h14-15H,4-12H2,1-3H3,(H,19,20);1H4;1H/i;;1+1. The second-order valence-electron chi connectivity index (χ2n) is 5.87. The van der Waals surface area contributed by atoms with Crippen LogP contribution in [-0.4, -0.2) is 42.6 Å². The average molecular weight is 349 g/mol. The van der Waals surface area contributed by atoms with Crippen molar-refractivity contribution in [3.05, 3.63) is 0 Å². The van der Waals surface area contributed by atoms with Gasteiger partial charge in [-0.2, -0.15) is 0 Å². The number of methoxy groups -OCH3 is 1. The van der Waals surface area contributed by atoms with Crippen LogP contribution in [0.3, 0.4) is 0 Å². The fraction of sp³-hybridized carbons (Fsp3) is 0.833.